The number of benzene rings is 4. The predicted molar refractivity (Wildman–Crippen MR) is 236 cm³/mol. The minimum Gasteiger partial charge on any atom is -0.870 e. The Kier molecular flexibility index (Phi) is 16.8. The van der Waals surface area contributed by atoms with Crippen molar-refractivity contribution in [2.75, 3.05) is 6.61 Å². The van der Waals surface area contributed by atoms with Crippen molar-refractivity contribution in [3.8, 4) is 11.4 Å². The van der Waals surface area contributed by atoms with Gasteiger partial charge in [-0.1, -0.05) is 70.7 Å². The van der Waals surface area contributed by atoms with Gasteiger partial charge in [-0.05, 0) is 153 Å². The van der Waals surface area contributed by atoms with Crippen LogP contribution in [0.25, 0.3) is 34.7 Å². The zero-order valence-corrected chi connectivity index (χ0v) is 36.8. The first-order valence-corrected chi connectivity index (χ1v) is 20.9. The molecule has 8 rings (SSSR count). The van der Waals surface area contributed by atoms with Crippen molar-refractivity contribution in [2.45, 2.75) is 58.3 Å². The fourth-order valence-electron chi connectivity index (χ4n) is 7.50. The van der Waals surface area contributed by atoms with Crippen LogP contribution in [0.2, 0.25) is 20.1 Å². The van der Waals surface area contributed by atoms with Crippen LogP contribution in [0.3, 0.4) is 0 Å². The molecule has 6 aromatic rings. The number of ether oxygens (including phenoxy) is 1. The molecule has 2 N–H and O–H groups in total. The van der Waals surface area contributed by atoms with E-state index in [0.29, 0.717) is 55.6 Å². The third-order valence-corrected chi connectivity index (χ3v) is 11.3. The van der Waals surface area contributed by atoms with Gasteiger partial charge in [-0.3, -0.25) is 0 Å². The van der Waals surface area contributed by atoms with Gasteiger partial charge in [-0.2, -0.15) is 10.2 Å². The number of carbonyl (C=O) groups is 2. The van der Waals surface area contributed by atoms with E-state index in [4.69, 9.17) is 51.1 Å². The van der Waals surface area contributed by atoms with Gasteiger partial charge in [0.15, 0.2) is 11.4 Å². The Balaban J connectivity index is 0.000000227. The average molecular weight is 915 g/mol. The van der Waals surface area contributed by atoms with Crippen molar-refractivity contribution in [1.29, 1.82) is 0 Å². The third-order valence-electron chi connectivity index (χ3n) is 10.2. The maximum absolute atomic E-state index is 13.4. The number of hydrogen-bond donors (Lipinski definition) is 1. The first-order valence-electron chi connectivity index (χ1n) is 19.4. The second-order valence-corrected chi connectivity index (χ2v) is 15.9. The van der Waals surface area contributed by atoms with Crippen LogP contribution >= 0.6 is 46.4 Å². The van der Waals surface area contributed by atoms with Crippen molar-refractivity contribution >= 4 is 81.6 Å². The Morgan fingerprint density at radius 3 is 1.47 bits per heavy atom. The smallest absolute Gasteiger partial charge is 0.870 e. The van der Waals surface area contributed by atoms with E-state index in [9.17, 15) is 23.5 Å². The molecule has 0 atom stereocenters. The van der Waals surface area contributed by atoms with Gasteiger partial charge < -0.3 is 15.3 Å². The molecule has 2 aromatic heterocycles. The van der Waals surface area contributed by atoms with E-state index in [1.807, 2.05) is 12.2 Å². The molecule has 0 saturated carbocycles. The molecule has 316 valence electrons. The van der Waals surface area contributed by atoms with Crippen LogP contribution in [0.4, 0.5) is 8.78 Å². The summed E-state index contributed by atoms with van der Waals surface area (Å²) in [5.74, 6) is -2.12. The van der Waals surface area contributed by atoms with Crippen LogP contribution in [0, 0.1) is 11.6 Å². The number of esters is 1. The maximum atomic E-state index is 13.4. The van der Waals surface area contributed by atoms with E-state index in [2.05, 4.69) is 10.2 Å². The number of rotatable bonds is 7. The summed E-state index contributed by atoms with van der Waals surface area (Å²) in [5, 5.41) is 20.5. The summed E-state index contributed by atoms with van der Waals surface area (Å²) in [4.78, 5) is 24.6. The molecule has 62 heavy (non-hydrogen) atoms. The molecular formula is C46H39Cl4F2LiN4O5. The molecule has 0 radical (unpaired) electrons. The topological polar surface area (TPSA) is 129 Å². The summed E-state index contributed by atoms with van der Waals surface area (Å²) in [6, 6.07) is 22.7. The zero-order valence-electron chi connectivity index (χ0n) is 33.8. The predicted octanol–water partition coefficient (Wildman–Crippen LogP) is 9.87. The molecule has 2 heterocycles. The van der Waals surface area contributed by atoms with Gasteiger partial charge in [0.2, 0.25) is 0 Å². The molecule has 0 amide bonds. The summed E-state index contributed by atoms with van der Waals surface area (Å²) in [6.45, 7) is 2.03. The van der Waals surface area contributed by atoms with Crippen LogP contribution in [-0.4, -0.2) is 48.7 Å². The van der Waals surface area contributed by atoms with Gasteiger partial charge in [0.05, 0.1) is 39.4 Å². The molecule has 9 nitrogen and oxygen atoms in total. The molecule has 16 heteroatoms. The summed E-state index contributed by atoms with van der Waals surface area (Å²) in [5.41, 5.74) is 8.26. The van der Waals surface area contributed by atoms with Gasteiger partial charge in [0.1, 0.15) is 11.6 Å². The van der Waals surface area contributed by atoms with Crippen LogP contribution in [0.5, 0.6) is 0 Å². The summed E-state index contributed by atoms with van der Waals surface area (Å²) in [7, 11) is 0. The van der Waals surface area contributed by atoms with Crippen LogP contribution in [0.15, 0.2) is 84.9 Å². The number of carboxylic acid groups (broad SMARTS) is 1. The van der Waals surface area contributed by atoms with Crippen molar-refractivity contribution in [2.24, 2.45) is 0 Å². The Morgan fingerprint density at radius 1 is 0.661 bits per heavy atom. The van der Waals surface area contributed by atoms with E-state index >= 15 is 0 Å². The van der Waals surface area contributed by atoms with Crippen LogP contribution in [-0.2, 0) is 17.6 Å². The minimum absolute atomic E-state index is 0. The Bertz CT molecular complexity index is 2650. The summed E-state index contributed by atoms with van der Waals surface area (Å²) in [6.07, 6.45) is 10.5. The number of halogens is 6. The Hall–Kier alpha value is -4.70. The molecule has 4 aromatic carbocycles. The normalized spacial score (nSPS) is 14.6. The van der Waals surface area contributed by atoms with Crippen LogP contribution in [0.1, 0.15) is 100 Å². The van der Waals surface area contributed by atoms with Crippen molar-refractivity contribution in [3.05, 3.63) is 162 Å². The second-order valence-electron chi connectivity index (χ2n) is 14.2. The van der Waals surface area contributed by atoms with Crippen molar-refractivity contribution < 1.29 is 52.6 Å². The largest absolute Gasteiger partial charge is 1.00 e. The number of carbonyl (C=O) groups excluding carboxylic acids is 1. The Morgan fingerprint density at radius 2 is 1.06 bits per heavy atom. The second kappa shape index (κ2) is 21.6. The molecule has 0 saturated heterocycles. The molecule has 0 unspecified atom stereocenters. The third kappa shape index (κ3) is 10.9. The fraction of sp³-hybridized carbons (Fsp3) is 0.217. The number of allylic oxidation sites excluding steroid dienone is 2. The molecular weight excluding hydrogens is 875 g/mol. The average Bonchev–Trinajstić information content (AvgIpc) is 3.62. The van der Waals surface area contributed by atoms with Crippen LogP contribution < -0.4 is 18.9 Å². The molecule has 0 spiro atoms. The monoisotopic (exact) mass is 912 g/mol. The van der Waals surface area contributed by atoms with Gasteiger partial charge in [0.25, 0.3) is 0 Å². The number of aromatic carboxylic acids is 1. The fourth-order valence-corrected chi connectivity index (χ4v) is 8.47. The summed E-state index contributed by atoms with van der Waals surface area (Å²) >= 11 is 25.0. The summed E-state index contributed by atoms with van der Waals surface area (Å²) < 4.78 is 35.3. The zero-order chi connectivity index (χ0) is 42.5. The van der Waals surface area contributed by atoms with E-state index in [0.717, 1.165) is 77.7 Å². The number of hydrogen-bond acceptors (Lipinski definition) is 6. The number of fused-ring (bicyclic) bond motifs is 2. The molecule has 2 aliphatic rings. The van der Waals surface area contributed by atoms with Gasteiger partial charge in [-0.15, -0.1) is 0 Å². The van der Waals surface area contributed by atoms with Gasteiger partial charge in [0, 0.05) is 21.2 Å². The van der Waals surface area contributed by atoms with E-state index in [-0.39, 0.29) is 48.3 Å². The number of nitrogens with zero attached hydrogens (tertiary/aromatic N) is 4. The van der Waals surface area contributed by atoms with E-state index in [1.54, 1.807) is 77.0 Å². The van der Waals surface area contributed by atoms with Gasteiger partial charge >= 0.3 is 30.8 Å². The maximum Gasteiger partial charge on any atom is 1.00 e. The SMILES string of the molecule is CCOC(=O)c1nn(-c2ccc(Cl)cc2Cl)c2c1CCCC/C2=C\c1ccc(F)cc1.O=C(O)c1nn(-c2ccc(Cl)cc2Cl)c2c1CCCC/C2=C\c1ccc(F)cc1.[Li+].[OH-]. The van der Waals surface area contributed by atoms with Gasteiger partial charge in [-0.25, -0.2) is 27.7 Å². The number of carboxylic acids is 1. The van der Waals surface area contributed by atoms with Crippen molar-refractivity contribution in [1.82, 2.24) is 19.6 Å². The molecule has 0 fully saturated rings. The molecule has 2 aliphatic carbocycles. The first kappa shape index (κ1) is 48.3. The standard InChI is InChI=1S/C24H21Cl2FN2O2.C22H17Cl2FN2O2.Li.H2O/c1-2-31-24(30)22-19-6-4-3-5-16(13-15-7-10-18(27)11-8-15)23(19)29(28-22)21-12-9-17(25)14-20(21)26;23-15-7-10-19(18(24)12-15)27-21-14(11-13-5-8-16(25)9-6-13)3-1-2-4-17(21)20(26-27)22(28)29;;/h7-14H,2-6H2,1H3;5-12H,1-4H2,(H,28,29);;1H2/q;;+1;/p-1/b16-13+;14-11+;;. The Labute approximate surface area is 389 Å². The van der Waals surface area contributed by atoms with E-state index in [1.165, 1.54) is 24.3 Å². The van der Waals surface area contributed by atoms with E-state index < -0.39 is 11.9 Å². The molecule has 0 aliphatic heterocycles. The minimum atomic E-state index is -1.08. The quantitative estimate of drug-likeness (QED) is 0.0960. The molecule has 0 bridgehead atoms. The van der Waals surface area contributed by atoms with Crippen molar-refractivity contribution in [3.63, 3.8) is 0 Å². The number of aromatic nitrogens is 4. The first-order chi connectivity index (χ1) is 28.9.